The first-order valence-electron chi connectivity index (χ1n) is 9.53. The molecule has 1 atom stereocenters. The highest BCUT2D eigenvalue weighted by Crippen LogP contribution is 2.36. The van der Waals surface area contributed by atoms with Crippen molar-refractivity contribution in [2.24, 2.45) is 0 Å². The minimum atomic E-state index is -0.341. The predicted octanol–water partition coefficient (Wildman–Crippen LogP) is 3.49. The lowest BCUT2D eigenvalue weighted by Crippen LogP contribution is -2.31. The van der Waals surface area contributed by atoms with Gasteiger partial charge in [-0.2, -0.15) is 0 Å². The number of nitrogens with zero attached hydrogens (tertiary/aromatic N) is 3. The van der Waals surface area contributed by atoms with Gasteiger partial charge in [0.15, 0.2) is 11.5 Å². The second-order valence-electron chi connectivity index (χ2n) is 6.97. The van der Waals surface area contributed by atoms with Crippen molar-refractivity contribution in [3.05, 3.63) is 50.6 Å². The number of thiophene rings is 1. The zero-order valence-corrected chi connectivity index (χ0v) is 17.5. The highest BCUT2D eigenvalue weighted by molar-refractivity contribution is 7.13. The monoisotopic (exact) mass is 442 g/mol. The van der Waals surface area contributed by atoms with Crippen LogP contribution >= 0.6 is 22.7 Å². The Balaban J connectivity index is 1.27. The fraction of sp³-hybridized carbons (Fsp3) is 0.300. The Morgan fingerprint density at radius 1 is 1.20 bits per heavy atom. The first-order chi connectivity index (χ1) is 14.7. The van der Waals surface area contributed by atoms with Gasteiger partial charge in [0.25, 0.3) is 5.91 Å². The molecule has 0 saturated carbocycles. The van der Waals surface area contributed by atoms with Gasteiger partial charge in [0.05, 0.1) is 12.5 Å². The van der Waals surface area contributed by atoms with Gasteiger partial charge in [-0.25, -0.2) is 0 Å². The number of ether oxygens (including phenoxy) is 2. The summed E-state index contributed by atoms with van der Waals surface area (Å²) >= 11 is 2.81. The van der Waals surface area contributed by atoms with Crippen LogP contribution in [-0.2, 0) is 11.2 Å². The molecular weight excluding hydrogens is 424 g/mol. The van der Waals surface area contributed by atoms with Crippen LogP contribution in [-0.4, -0.2) is 40.2 Å². The molecule has 1 N–H and O–H groups in total. The summed E-state index contributed by atoms with van der Waals surface area (Å²) in [5, 5.41) is 14.0. The van der Waals surface area contributed by atoms with E-state index in [0.717, 1.165) is 17.7 Å². The van der Waals surface area contributed by atoms with Crippen molar-refractivity contribution in [2.75, 3.05) is 18.7 Å². The Kier molecular flexibility index (Phi) is 5.09. The van der Waals surface area contributed by atoms with E-state index in [-0.39, 0.29) is 29.7 Å². The van der Waals surface area contributed by atoms with Crippen molar-refractivity contribution < 1.29 is 19.1 Å². The van der Waals surface area contributed by atoms with E-state index in [1.165, 1.54) is 11.3 Å². The minimum Gasteiger partial charge on any atom is -0.454 e. The Morgan fingerprint density at radius 3 is 2.97 bits per heavy atom. The summed E-state index contributed by atoms with van der Waals surface area (Å²) in [5.41, 5.74) is 0.592. The van der Waals surface area contributed by atoms with Gasteiger partial charge in [-0.05, 0) is 36.4 Å². The molecule has 0 aliphatic carbocycles. The molecule has 8 nitrogen and oxygen atoms in total. The smallest absolute Gasteiger partial charge is 0.286 e. The van der Waals surface area contributed by atoms with Crippen LogP contribution in [0.3, 0.4) is 0 Å². The number of carbonyl (C=O) groups is 2. The van der Waals surface area contributed by atoms with E-state index in [1.807, 2.05) is 22.4 Å². The molecule has 4 heterocycles. The number of amides is 2. The summed E-state index contributed by atoms with van der Waals surface area (Å²) in [6.07, 6.45) is 2.14. The van der Waals surface area contributed by atoms with Crippen molar-refractivity contribution in [3.63, 3.8) is 0 Å². The molecular formula is C20H18N4O4S2. The highest BCUT2D eigenvalue weighted by Gasteiger charge is 2.33. The maximum absolute atomic E-state index is 12.8. The van der Waals surface area contributed by atoms with Crippen molar-refractivity contribution >= 4 is 40.2 Å². The second kappa shape index (κ2) is 8.04. The van der Waals surface area contributed by atoms with Crippen molar-refractivity contribution in [1.29, 1.82) is 0 Å². The van der Waals surface area contributed by atoms with E-state index in [4.69, 9.17) is 9.47 Å². The molecule has 2 aliphatic rings. The number of aromatic nitrogens is 2. The number of anilines is 1. The SMILES string of the molecule is O=C(Nc1ccc2c(c1)OCO2)c1nnc([C@H]2CCCN2C(=O)Cc2cccs2)s1. The third-order valence-electron chi connectivity index (χ3n) is 5.03. The third-order valence-corrected chi connectivity index (χ3v) is 6.93. The first kappa shape index (κ1) is 19.0. The number of hydrogen-bond acceptors (Lipinski definition) is 8. The zero-order chi connectivity index (χ0) is 20.5. The molecule has 154 valence electrons. The normalized spacial score (nSPS) is 17.3. The maximum atomic E-state index is 12.8. The van der Waals surface area contributed by atoms with Crippen LogP contribution < -0.4 is 14.8 Å². The molecule has 10 heteroatoms. The summed E-state index contributed by atoms with van der Waals surface area (Å²) < 4.78 is 10.6. The van der Waals surface area contributed by atoms with E-state index in [1.54, 1.807) is 29.5 Å². The summed E-state index contributed by atoms with van der Waals surface area (Å²) in [4.78, 5) is 28.3. The van der Waals surface area contributed by atoms with Gasteiger partial charge < -0.3 is 19.7 Å². The molecule has 0 unspecified atom stereocenters. The van der Waals surface area contributed by atoms with Crippen LogP contribution in [0.2, 0.25) is 0 Å². The van der Waals surface area contributed by atoms with Gasteiger partial charge in [-0.15, -0.1) is 21.5 Å². The van der Waals surface area contributed by atoms with Crippen LogP contribution in [0.15, 0.2) is 35.7 Å². The average Bonchev–Trinajstić information content (AvgIpc) is 3.54. The lowest BCUT2D eigenvalue weighted by atomic mass is 10.2. The molecule has 2 aliphatic heterocycles. The second-order valence-corrected chi connectivity index (χ2v) is 9.01. The topological polar surface area (TPSA) is 93.7 Å². The molecule has 0 bridgehead atoms. The Hall–Kier alpha value is -2.98. The molecule has 3 aromatic rings. The summed E-state index contributed by atoms with van der Waals surface area (Å²) in [6.45, 7) is 0.878. The average molecular weight is 443 g/mol. The number of fused-ring (bicyclic) bond motifs is 1. The fourth-order valence-corrected chi connectivity index (χ4v) is 5.19. The minimum absolute atomic E-state index is 0.0847. The molecule has 1 aromatic carbocycles. The molecule has 0 radical (unpaired) electrons. The number of benzene rings is 1. The Bertz CT molecular complexity index is 1080. The maximum Gasteiger partial charge on any atom is 0.286 e. The largest absolute Gasteiger partial charge is 0.454 e. The lowest BCUT2D eigenvalue weighted by Gasteiger charge is -2.22. The van der Waals surface area contributed by atoms with E-state index >= 15 is 0 Å². The van der Waals surface area contributed by atoms with Gasteiger partial charge in [0.1, 0.15) is 5.01 Å². The van der Waals surface area contributed by atoms with E-state index in [2.05, 4.69) is 15.5 Å². The number of nitrogens with one attached hydrogen (secondary N) is 1. The zero-order valence-electron chi connectivity index (χ0n) is 15.9. The van der Waals surface area contributed by atoms with E-state index in [9.17, 15) is 9.59 Å². The summed E-state index contributed by atoms with van der Waals surface area (Å²) in [7, 11) is 0. The standard InChI is InChI=1S/C20H18N4O4S2/c25-17(10-13-3-2-8-29-13)24-7-1-4-14(24)19-22-23-20(30-19)18(26)21-12-5-6-15-16(9-12)28-11-27-15/h2-3,5-6,8-9,14H,1,4,7,10-11H2,(H,21,26)/t14-/m1/s1. The van der Waals surface area contributed by atoms with Gasteiger partial charge in [0.2, 0.25) is 17.7 Å². The van der Waals surface area contributed by atoms with Gasteiger partial charge >= 0.3 is 0 Å². The van der Waals surface area contributed by atoms with Crippen LogP contribution in [0, 0.1) is 0 Å². The fourth-order valence-electron chi connectivity index (χ4n) is 3.61. The predicted molar refractivity (Wildman–Crippen MR) is 112 cm³/mol. The van der Waals surface area contributed by atoms with Crippen LogP contribution in [0.25, 0.3) is 0 Å². The number of likely N-dealkylation sites (tertiary alicyclic amines) is 1. The first-order valence-corrected chi connectivity index (χ1v) is 11.2. The quantitative estimate of drug-likeness (QED) is 0.650. The van der Waals surface area contributed by atoms with Crippen molar-refractivity contribution in [2.45, 2.75) is 25.3 Å². The summed E-state index contributed by atoms with van der Waals surface area (Å²) in [6, 6.07) is 9.00. The molecule has 1 saturated heterocycles. The van der Waals surface area contributed by atoms with E-state index in [0.29, 0.717) is 35.2 Å². The Morgan fingerprint density at radius 2 is 2.10 bits per heavy atom. The third kappa shape index (κ3) is 3.75. The van der Waals surface area contributed by atoms with Gasteiger partial charge in [0, 0.05) is 23.2 Å². The van der Waals surface area contributed by atoms with Crippen molar-refractivity contribution in [3.8, 4) is 11.5 Å². The Labute approximate surface area is 180 Å². The van der Waals surface area contributed by atoms with E-state index < -0.39 is 0 Å². The van der Waals surface area contributed by atoms with Gasteiger partial charge in [-0.3, -0.25) is 9.59 Å². The number of rotatable bonds is 5. The van der Waals surface area contributed by atoms with Crippen molar-refractivity contribution in [1.82, 2.24) is 15.1 Å². The number of hydrogen-bond donors (Lipinski definition) is 1. The lowest BCUT2D eigenvalue weighted by molar-refractivity contribution is -0.131. The van der Waals surface area contributed by atoms with Gasteiger partial charge in [-0.1, -0.05) is 17.4 Å². The summed E-state index contributed by atoms with van der Waals surface area (Å²) in [5.74, 6) is 0.991. The highest BCUT2D eigenvalue weighted by atomic mass is 32.1. The molecule has 5 rings (SSSR count). The molecule has 1 fully saturated rings. The molecule has 2 amide bonds. The number of carbonyl (C=O) groups excluding carboxylic acids is 2. The molecule has 2 aromatic heterocycles. The van der Waals surface area contributed by atoms with Crippen LogP contribution in [0.4, 0.5) is 5.69 Å². The van der Waals surface area contributed by atoms with Crippen LogP contribution in [0.5, 0.6) is 11.5 Å². The molecule has 0 spiro atoms. The molecule has 30 heavy (non-hydrogen) atoms. The van der Waals surface area contributed by atoms with Crippen LogP contribution in [0.1, 0.15) is 38.6 Å².